The number of rotatable bonds is 7. The molecular formula is C24H28N4OS3. The number of aromatic nitrogens is 2. The summed E-state index contributed by atoms with van der Waals surface area (Å²) in [5.74, 6) is 1.61. The highest BCUT2D eigenvalue weighted by Crippen LogP contribution is 2.27. The molecule has 0 N–H and O–H groups in total. The molecule has 0 bridgehead atoms. The van der Waals surface area contributed by atoms with Crippen molar-refractivity contribution in [2.75, 3.05) is 32.7 Å². The van der Waals surface area contributed by atoms with Crippen molar-refractivity contribution in [3.63, 3.8) is 0 Å². The molecule has 168 valence electrons. The van der Waals surface area contributed by atoms with Gasteiger partial charge in [0.2, 0.25) is 0 Å². The second kappa shape index (κ2) is 10.7. The highest BCUT2D eigenvalue weighted by Gasteiger charge is 2.22. The summed E-state index contributed by atoms with van der Waals surface area (Å²) in [6.45, 7) is 9.02. The van der Waals surface area contributed by atoms with Crippen molar-refractivity contribution in [2.24, 2.45) is 5.92 Å². The van der Waals surface area contributed by atoms with E-state index in [2.05, 4.69) is 36.0 Å². The normalized spacial score (nSPS) is 14.8. The predicted molar refractivity (Wildman–Crippen MR) is 135 cm³/mol. The molecule has 0 aliphatic carbocycles. The van der Waals surface area contributed by atoms with Gasteiger partial charge >= 0.3 is 0 Å². The van der Waals surface area contributed by atoms with Gasteiger partial charge in [-0.2, -0.15) is 0 Å². The molecule has 1 aliphatic rings. The Morgan fingerprint density at radius 2 is 1.75 bits per heavy atom. The average Bonchev–Trinajstić information content (AvgIpc) is 3.18. The third-order valence-corrected chi connectivity index (χ3v) is 7.81. The molecular weight excluding hydrogens is 456 g/mol. The maximum absolute atomic E-state index is 12.9. The van der Waals surface area contributed by atoms with Crippen molar-refractivity contribution in [1.29, 1.82) is 0 Å². The van der Waals surface area contributed by atoms with Crippen LogP contribution in [0.4, 0.5) is 0 Å². The lowest BCUT2D eigenvalue weighted by molar-refractivity contribution is 0.0624. The standard InChI is InChI=1S/C24H28N4OS3/c1-18(2)16-26-12-14-27(15-13-26)22(29)20-8-10-21(11-9-20)28-24(30)32-23(25-28)31-17-19-6-4-3-5-7-19/h3-11,18H,12-17H2,1-2H3. The number of carbonyl (C=O) groups excluding carboxylic acids is 1. The summed E-state index contributed by atoms with van der Waals surface area (Å²) >= 11 is 8.74. The number of carbonyl (C=O) groups is 1. The highest BCUT2D eigenvalue weighted by molar-refractivity contribution is 8.00. The predicted octanol–water partition coefficient (Wildman–Crippen LogP) is 5.37. The van der Waals surface area contributed by atoms with Crippen molar-refractivity contribution in [3.05, 3.63) is 69.7 Å². The van der Waals surface area contributed by atoms with Crippen LogP contribution in [0.2, 0.25) is 0 Å². The molecule has 32 heavy (non-hydrogen) atoms. The summed E-state index contributed by atoms with van der Waals surface area (Å²) < 4.78 is 3.44. The monoisotopic (exact) mass is 484 g/mol. The van der Waals surface area contributed by atoms with Crippen LogP contribution >= 0.6 is 35.3 Å². The smallest absolute Gasteiger partial charge is 0.253 e. The molecule has 0 unspecified atom stereocenters. The second-order valence-electron chi connectivity index (χ2n) is 8.35. The van der Waals surface area contributed by atoms with Gasteiger partial charge in [-0.05, 0) is 48.0 Å². The van der Waals surface area contributed by atoms with E-state index in [1.165, 1.54) is 16.9 Å². The summed E-state index contributed by atoms with van der Waals surface area (Å²) in [6.07, 6.45) is 0. The third kappa shape index (κ3) is 5.86. The number of thioether (sulfide) groups is 1. The van der Waals surface area contributed by atoms with Crippen molar-refractivity contribution < 1.29 is 4.79 Å². The minimum Gasteiger partial charge on any atom is -0.336 e. The Bertz CT molecular complexity index is 1080. The van der Waals surface area contributed by atoms with Crippen molar-refractivity contribution in [1.82, 2.24) is 19.6 Å². The van der Waals surface area contributed by atoms with E-state index in [0.29, 0.717) is 15.4 Å². The van der Waals surface area contributed by atoms with Gasteiger partial charge < -0.3 is 4.90 Å². The van der Waals surface area contributed by atoms with Crippen LogP contribution in [0.15, 0.2) is 58.9 Å². The van der Waals surface area contributed by atoms with Crippen LogP contribution < -0.4 is 0 Å². The van der Waals surface area contributed by atoms with Gasteiger partial charge in [0, 0.05) is 44.0 Å². The highest BCUT2D eigenvalue weighted by atomic mass is 32.2. The lowest BCUT2D eigenvalue weighted by Crippen LogP contribution is -2.49. The summed E-state index contributed by atoms with van der Waals surface area (Å²) in [5.41, 5.74) is 2.86. The van der Waals surface area contributed by atoms with Gasteiger partial charge in [0.1, 0.15) is 0 Å². The molecule has 1 fully saturated rings. The summed E-state index contributed by atoms with van der Waals surface area (Å²) in [4.78, 5) is 17.3. The Morgan fingerprint density at radius 1 is 1.06 bits per heavy atom. The molecule has 8 heteroatoms. The van der Waals surface area contributed by atoms with E-state index in [1.54, 1.807) is 16.4 Å². The maximum Gasteiger partial charge on any atom is 0.253 e. The molecule has 0 radical (unpaired) electrons. The molecule has 3 aromatic rings. The van der Waals surface area contributed by atoms with Crippen LogP contribution in [0.3, 0.4) is 0 Å². The van der Waals surface area contributed by atoms with Crippen molar-refractivity contribution >= 4 is 41.2 Å². The Morgan fingerprint density at radius 3 is 2.41 bits per heavy atom. The van der Waals surface area contributed by atoms with E-state index >= 15 is 0 Å². The molecule has 1 aliphatic heterocycles. The zero-order valence-electron chi connectivity index (χ0n) is 18.4. The number of hydrogen-bond acceptors (Lipinski definition) is 6. The Hall–Kier alpha value is -2.00. The first-order valence-corrected chi connectivity index (χ1v) is 13.1. The second-order valence-corrected chi connectivity index (χ2v) is 11.2. The van der Waals surface area contributed by atoms with E-state index in [0.717, 1.165) is 48.5 Å². The minimum absolute atomic E-state index is 0.0988. The van der Waals surface area contributed by atoms with Crippen LogP contribution in [-0.4, -0.2) is 58.2 Å². The van der Waals surface area contributed by atoms with Crippen LogP contribution in [0.5, 0.6) is 0 Å². The number of piperazine rings is 1. The van der Waals surface area contributed by atoms with Crippen molar-refractivity contribution in [3.8, 4) is 5.69 Å². The van der Waals surface area contributed by atoms with Gasteiger partial charge in [-0.15, -0.1) is 5.10 Å². The molecule has 5 nitrogen and oxygen atoms in total. The molecule has 1 amide bonds. The minimum atomic E-state index is 0.0988. The number of hydrogen-bond donors (Lipinski definition) is 0. The van der Waals surface area contributed by atoms with E-state index in [-0.39, 0.29) is 5.91 Å². The average molecular weight is 485 g/mol. The topological polar surface area (TPSA) is 41.4 Å². The van der Waals surface area contributed by atoms with Crippen molar-refractivity contribution in [2.45, 2.75) is 23.9 Å². The molecule has 0 saturated carbocycles. The van der Waals surface area contributed by atoms with Crippen LogP contribution in [0.25, 0.3) is 5.69 Å². The fourth-order valence-corrected chi connectivity index (χ4v) is 6.10. The number of amides is 1. The van der Waals surface area contributed by atoms with E-state index in [4.69, 9.17) is 12.2 Å². The Kier molecular flexibility index (Phi) is 7.78. The maximum atomic E-state index is 12.9. The summed E-state index contributed by atoms with van der Waals surface area (Å²) in [6, 6.07) is 18.0. The molecule has 1 saturated heterocycles. The molecule has 0 atom stereocenters. The van der Waals surface area contributed by atoms with E-state index < -0.39 is 0 Å². The molecule has 1 aromatic heterocycles. The number of benzene rings is 2. The van der Waals surface area contributed by atoms with Crippen LogP contribution in [-0.2, 0) is 5.75 Å². The van der Waals surface area contributed by atoms with Gasteiger partial charge in [0.05, 0.1) is 5.69 Å². The zero-order valence-corrected chi connectivity index (χ0v) is 20.9. The molecule has 2 aromatic carbocycles. The lowest BCUT2D eigenvalue weighted by atomic mass is 10.1. The largest absolute Gasteiger partial charge is 0.336 e. The fourth-order valence-electron chi connectivity index (χ4n) is 3.78. The summed E-state index contributed by atoms with van der Waals surface area (Å²) in [7, 11) is 0. The first-order valence-electron chi connectivity index (χ1n) is 10.9. The van der Waals surface area contributed by atoms with Gasteiger partial charge in [-0.1, -0.05) is 67.3 Å². The molecule has 0 spiro atoms. The SMILES string of the molecule is CC(C)CN1CCN(C(=O)c2ccc(-n3nc(SCc4ccccc4)sc3=S)cc2)CC1. The lowest BCUT2D eigenvalue weighted by Gasteiger charge is -2.35. The first kappa shape index (κ1) is 23.2. The van der Waals surface area contributed by atoms with E-state index in [9.17, 15) is 4.79 Å². The fraction of sp³-hybridized carbons (Fsp3) is 0.375. The van der Waals surface area contributed by atoms with Gasteiger partial charge in [0.15, 0.2) is 8.29 Å². The van der Waals surface area contributed by atoms with Crippen LogP contribution in [0.1, 0.15) is 29.8 Å². The molecule has 2 heterocycles. The summed E-state index contributed by atoms with van der Waals surface area (Å²) in [5, 5.41) is 4.68. The van der Waals surface area contributed by atoms with Crippen LogP contribution in [0, 0.1) is 9.87 Å². The first-order chi connectivity index (χ1) is 15.5. The third-order valence-electron chi connectivity index (χ3n) is 5.38. The Balaban J connectivity index is 1.38. The number of nitrogens with zero attached hydrogens (tertiary/aromatic N) is 4. The van der Waals surface area contributed by atoms with E-state index in [1.807, 2.05) is 47.4 Å². The van der Waals surface area contributed by atoms with Gasteiger partial charge in [-0.3, -0.25) is 9.69 Å². The quantitative estimate of drug-likeness (QED) is 0.333. The van der Waals surface area contributed by atoms with Gasteiger partial charge in [-0.25, -0.2) is 4.68 Å². The Labute approximate surface area is 203 Å². The molecule has 4 rings (SSSR count). The zero-order chi connectivity index (χ0) is 22.5. The van der Waals surface area contributed by atoms with Gasteiger partial charge in [0.25, 0.3) is 5.91 Å².